The van der Waals surface area contributed by atoms with Crippen molar-refractivity contribution in [1.29, 1.82) is 0 Å². The molecule has 1 heterocycles. The SMILES string of the molecule is CC(C)CN1C(=O)C(C)(C)NC(=O)CC1C. The highest BCUT2D eigenvalue weighted by Gasteiger charge is 2.39. The van der Waals surface area contributed by atoms with Crippen molar-refractivity contribution >= 4 is 11.8 Å². The van der Waals surface area contributed by atoms with E-state index in [1.165, 1.54) is 0 Å². The molecule has 1 rings (SSSR count). The zero-order valence-corrected chi connectivity index (χ0v) is 10.8. The summed E-state index contributed by atoms with van der Waals surface area (Å²) in [6, 6.07) is -0.0170. The molecule has 0 bridgehead atoms. The summed E-state index contributed by atoms with van der Waals surface area (Å²) in [6.07, 6.45) is 0.391. The van der Waals surface area contributed by atoms with Crippen LogP contribution in [0.4, 0.5) is 0 Å². The normalized spacial score (nSPS) is 25.6. The molecule has 0 radical (unpaired) electrons. The van der Waals surface area contributed by atoms with E-state index in [-0.39, 0.29) is 17.9 Å². The molecule has 92 valence electrons. The molecule has 1 unspecified atom stereocenters. The molecule has 1 aliphatic rings. The van der Waals surface area contributed by atoms with Gasteiger partial charge in [0.05, 0.1) is 0 Å². The van der Waals surface area contributed by atoms with Crippen molar-refractivity contribution in [3.8, 4) is 0 Å². The maximum Gasteiger partial charge on any atom is 0.248 e. The Morgan fingerprint density at radius 3 is 2.50 bits per heavy atom. The smallest absolute Gasteiger partial charge is 0.248 e. The number of nitrogens with one attached hydrogen (secondary N) is 1. The van der Waals surface area contributed by atoms with Gasteiger partial charge in [-0.2, -0.15) is 0 Å². The summed E-state index contributed by atoms with van der Waals surface area (Å²) in [6.45, 7) is 10.3. The van der Waals surface area contributed by atoms with Crippen LogP contribution in [0.3, 0.4) is 0 Å². The largest absolute Gasteiger partial charge is 0.342 e. The predicted molar refractivity (Wildman–Crippen MR) is 62.9 cm³/mol. The Bertz CT molecular complexity index is 297. The van der Waals surface area contributed by atoms with E-state index in [2.05, 4.69) is 19.2 Å². The fraction of sp³-hybridized carbons (Fsp3) is 0.833. The molecule has 1 atom stereocenters. The van der Waals surface area contributed by atoms with Crippen molar-refractivity contribution < 1.29 is 9.59 Å². The second-order valence-electron chi connectivity index (χ2n) is 5.58. The van der Waals surface area contributed by atoms with Crippen molar-refractivity contribution in [2.45, 2.75) is 52.6 Å². The third-order valence-electron chi connectivity index (χ3n) is 2.82. The van der Waals surface area contributed by atoms with Crippen LogP contribution in [-0.4, -0.2) is 34.8 Å². The van der Waals surface area contributed by atoms with Crippen molar-refractivity contribution in [3.05, 3.63) is 0 Å². The van der Waals surface area contributed by atoms with E-state index < -0.39 is 5.54 Å². The van der Waals surface area contributed by atoms with Crippen LogP contribution in [0.15, 0.2) is 0 Å². The van der Waals surface area contributed by atoms with Gasteiger partial charge in [0, 0.05) is 19.0 Å². The summed E-state index contributed by atoms with van der Waals surface area (Å²) in [7, 11) is 0. The zero-order chi connectivity index (χ0) is 12.5. The molecule has 0 aromatic rings. The van der Waals surface area contributed by atoms with Crippen molar-refractivity contribution in [1.82, 2.24) is 10.2 Å². The lowest BCUT2D eigenvalue weighted by atomic mass is 10.0. The van der Waals surface area contributed by atoms with Crippen molar-refractivity contribution in [3.63, 3.8) is 0 Å². The van der Waals surface area contributed by atoms with Gasteiger partial charge >= 0.3 is 0 Å². The molecule has 1 aliphatic heterocycles. The second-order valence-corrected chi connectivity index (χ2v) is 5.58. The third kappa shape index (κ3) is 2.74. The molecule has 1 N–H and O–H groups in total. The average Bonchev–Trinajstić information content (AvgIpc) is 2.15. The molecule has 1 saturated heterocycles. The summed E-state index contributed by atoms with van der Waals surface area (Å²) in [5.74, 6) is 0.382. The van der Waals surface area contributed by atoms with E-state index in [1.54, 1.807) is 13.8 Å². The van der Waals surface area contributed by atoms with Gasteiger partial charge in [0.2, 0.25) is 11.8 Å². The van der Waals surface area contributed by atoms with Gasteiger partial charge in [-0.1, -0.05) is 13.8 Å². The number of amides is 2. The van der Waals surface area contributed by atoms with Crippen LogP contribution >= 0.6 is 0 Å². The van der Waals surface area contributed by atoms with Crippen LogP contribution in [0.5, 0.6) is 0 Å². The summed E-state index contributed by atoms with van der Waals surface area (Å²) < 4.78 is 0. The molecule has 4 nitrogen and oxygen atoms in total. The minimum absolute atomic E-state index is 0.0135. The highest BCUT2D eigenvalue weighted by Crippen LogP contribution is 2.19. The lowest BCUT2D eigenvalue weighted by Gasteiger charge is -2.33. The molecule has 0 saturated carbocycles. The highest BCUT2D eigenvalue weighted by atomic mass is 16.2. The molecule has 1 fully saturated rings. The Hall–Kier alpha value is -1.06. The summed E-state index contributed by atoms with van der Waals surface area (Å²) in [5.41, 5.74) is -0.781. The zero-order valence-electron chi connectivity index (χ0n) is 10.8. The number of hydrogen-bond donors (Lipinski definition) is 1. The Balaban J connectivity index is 2.95. The number of hydrogen-bond acceptors (Lipinski definition) is 2. The monoisotopic (exact) mass is 226 g/mol. The topological polar surface area (TPSA) is 49.4 Å². The molecule has 0 aromatic heterocycles. The van der Waals surface area contributed by atoms with E-state index in [4.69, 9.17) is 0 Å². The second kappa shape index (κ2) is 4.44. The number of carbonyl (C=O) groups excluding carboxylic acids is 2. The maximum absolute atomic E-state index is 12.3. The van der Waals surface area contributed by atoms with Crippen LogP contribution in [-0.2, 0) is 9.59 Å². The number of rotatable bonds is 2. The number of carbonyl (C=O) groups is 2. The van der Waals surface area contributed by atoms with E-state index >= 15 is 0 Å². The lowest BCUT2D eigenvalue weighted by Crippen LogP contribution is -2.54. The van der Waals surface area contributed by atoms with Gasteiger partial charge in [-0.15, -0.1) is 0 Å². The molecular formula is C12H22N2O2. The Morgan fingerprint density at radius 2 is 2.00 bits per heavy atom. The van der Waals surface area contributed by atoms with Gasteiger partial charge in [0.1, 0.15) is 5.54 Å². The standard InChI is InChI=1S/C12H22N2O2/c1-8(2)7-14-9(3)6-10(15)13-12(4,5)11(14)16/h8-9H,6-7H2,1-5H3,(H,13,15). The first-order valence-electron chi connectivity index (χ1n) is 5.86. The van der Waals surface area contributed by atoms with Gasteiger partial charge < -0.3 is 10.2 Å². The summed E-state index contributed by atoms with van der Waals surface area (Å²) >= 11 is 0. The molecule has 0 aliphatic carbocycles. The lowest BCUT2D eigenvalue weighted by molar-refractivity contribution is -0.139. The molecule has 0 aromatic carbocycles. The Kier molecular flexibility index (Phi) is 3.61. The van der Waals surface area contributed by atoms with E-state index in [0.717, 1.165) is 0 Å². The van der Waals surface area contributed by atoms with Crippen LogP contribution < -0.4 is 5.32 Å². The van der Waals surface area contributed by atoms with E-state index in [9.17, 15) is 9.59 Å². The van der Waals surface area contributed by atoms with Gasteiger partial charge in [-0.25, -0.2) is 0 Å². The fourth-order valence-corrected chi connectivity index (χ4v) is 2.05. The molecule has 16 heavy (non-hydrogen) atoms. The Morgan fingerprint density at radius 1 is 1.44 bits per heavy atom. The highest BCUT2D eigenvalue weighted by molar-refractivity contribution is 5.93. The minimum atomic E-state index is -0.781. The van der Waals surface area contributed by atoms with E-state index in [0.29, 0.717) is 18.9 Å². The molecule has 2 amide bonds. The first-order chi connectivity index (χ1) is 7.24. The van der Waals surface area contributed by atoms with Crippen molar-refractivity contribution in [2.24, 2.45) is 5.92 Å². The van der Waals surface area contributed by atoms with Crippen LogP contribution in [0, 0.1) is 5.92 Å². The number of nitrogens with zero attached hydrogens (tertiary/aromatic N) is 1. The first-order valence-corrected chi connectivity index (χ1v) is 5.86. The summed E-state index contributed by atoms with van der Waals surface area (Å²) in [4.78, 5) is 25.7. The quantitative estimate of drug-likeness (QED) is 0.768. The molecule has 0 spiro atoms. The predicted octanol–water partition coefficient (Wildman–Crippen LogP) is 1.16. The van der Waals surface area contributed by atoms with Crippen LogP contribution in [0.1, 0.15) is 41.0 Å². The maximum atomic E-state index is 12.3. The van der Waals surface area contributed by atoms with Crippen LogP contribution in [0.25, 0.3) is 0 Å². The average molecular weight is 226 g/mol. The van der Waals surface area contributed by atoms with Gasteiger partial charge in [-0.05, 0) is 26.7 Å². The first kappa shape index (κ1) is 13.0. The van der Waals surface area contributed by atoms with E-state index in [1.807, 2.05) is 11.8 Å². The fourth-order valence-electron chi connectivity index (χ4n) is 2.05. The van der Waals surface area contributed by atoms with Gasteiger partial charge in [0.15, 0.2) is 0 Å². The Labute approximate surface area is 97.4 Å². The van der Waals surface area contributed by atoms with Gasteiger partial charge in [-0.3, -0.25) is 9.59 Å². The minimum Gasteiger partial charge on any atom is -0.342 e. The van der Waals surface area contributed by atoms with Crippen LogP contribution in [0.2, 0.25) is 0 Å². The van der Waals surface area contributed by atoms with Crippen molar-refractivity contribution in [2.75, 3.05) is 6.54 Å². The summed E-state index contributed by atoms with van der Waals surface area (Å²) in [5, 5.41) is 2.77. The molecular weight excluding hydrogens is 204 g/mol. The van der Waals surface area contributed by atoms with Gasteiger partial charge in [0.25, 0.3) is 0 Å². The molecule has 4 heteroatoms. The third-order valence-corrected chi connectivity index (χ3v) is 2.82.